The number of halogens is 2. The Kier molecular flexibility index (Phi) is 4.23. The van der Waals surface area contributed by atoms with Gasteiger partial charge in [0.2, 0.25) is 0 Å². The smallest absolute Gasteiger partial charge is 0.341 e. The Balaban J connectivity index is 2.76. The molecule has 8 heteroatoms. The molecule has 0 amide bonds. The van der Waals surface area contributed by atoms with Crippen LogP contribution in [0.25, 0.3) is 0 Å². The van der Waals surface area contributed by atoms with Crippen LogP contribution in [0.15, 0.2) is 12.1 Å². The summed E-state index contributed by atoms with van der Waals surface area (Å²) in [6, 6.07) is 1.26. The average Bonchev–Trinajstić information content (AvgIpc) is 2.21. The third kappa shape index (κ3) is 3.95. The molecule has 0 radical (unpaired) electrons. The van der Waals surface area contributed by atoms with Gasteiger partial charge in [-0.25, -0.2) is 22.0 Å². The Bertz CT molecular complexity index is 571. The number of rotatable bonds is 4. The molecule has 0 bridgehead atoms. The molecular formula is C10H11F2NO4S. The second-order valence-electron chi connectivity index (χ2n) is 3.62. The maximum atomic E-state index is 13.2. The summed E-state index contributed by atoms with van der Waals surface area (Å²) in [7, 11) is -3.28. The standard InChI is InChI=1S/C10H11F2NO4S/c1-18(15,16)3-2-17-10(14)6-4-9(13)8(12)5-7(6)11/h4-5H,2-3,13H2,1H3. The number of ether oxygens (including phenoxy) is 1. The zero-order valence-corrected chi connectivity index (χ0v) is 10.3. The van der Waals surface area contributed by atoms with Gasteiger partial charge in [-0.05, 0) is 6.07 Å². The monoisotopic (exact) mass is 279 g/mol. The molecule has 0 heterocycles. The van der Waals surface area contributed by atoms with Crippen molar-refractivity contribution in [3.05, 3.63) is 29.3 Å². The van der Waals surface area contributed by atoms with E-state index in [-0.39, 0.29) is 5.75 Å². The van der Waals surface area contributed by atoms with Crippen LogP contribution in [0.1, 0.15) is 10.4 Å². The normalized spacial score (nSPS) is 11.3. The van der Waals surface area contributed by atoms with Gasteiger partial charge in [0, 0.05) is 12.3 Å². The average molecular weight is 279 g/mol. The van der Waals surface area contributed by atoms with Gasteiger partial charge in [-0.15, -0.1) is 0 Å². The summed E-state index contributed by atoms with van der Waals surface area (Å²) in [5.74, 6) is -3.58. The molecule has 0 saturated carbocycles. The predicted molar refractivity (Wildman–Crippen MR) is 60.8 cm³/mol. The first kappa shape index (κ1) is 14.4. The molecular weight excluding hydrogens is 268 g/mol. The van der Waals surface area contributed by atoms with Crippen molar-refractivity contribution < 1.29 is 26.7 Å². The van der Waals surface area contributed by atoms with E-state index in [4.69, 9.17) is 5.73 Å². The topological polar surface area (TPSA) is 86.5 Å². The van der Waals surface area contributed by atoms with Gasteiger partial charge in [-0.1, -0.05) is 0 Å². The molecule has 0 aliphatic heterocycles. The predicted octanol–water partition coefficient (Wildman–Crippen LogP) is 0.748. The first-order chi connectivity index (χ1) is 8.20. The Morgan fingerprint density at radius 1 is 1.33 bits per heavy atom. The van der Waals surface area contributed by atoms with E-state index in [0.717, 1.165) is 12.3 Å². The van der Waals surface area contributed by atoms with Gasteiger partial charge in [0.25, 0.3) is 0 Å². The molecule has 0 aromatic heterocycles. The third-order valence-corrected chi connectivity index (χ3v) is 2.90. The highest BCUT2D eigenvalue weighted by Gasteiger charge is 2.16. The fourth-order valence-electron chi connectivity index (χ4n) is 1.09. The van der Waals surface area contributed by atoms with Gasteiger partial charge < -0.3 is 10.5 Å². The number of benzene rings is 1. The molecule has 2 N–H and O–H groups in total. The molecule has 5 nitrogen and oxygen atoms in total. The Hall–Kier alpha value is -1.70. The van der Waals surface area contributed by atoms with E-state index in [0.29, 0.717) is 6.07 Å². The lowest BCUT2D eigenvalue weighted by Gasteiger charge is -2.06. The SMILES string of the molecule is CS(=O)(=O)CCOC(=O)c1cc(N)c(F)cc1F. The molecule has 1 aromatic rings. The summed E-state index contributed by atoms with van der Waals surface area (Å²) >= 11 is 0. The molecule has 0 aliphatic carbocycles. The van der Waals surface area contributed by atoms with Crippen molar-refractivity contribution in [2.45, 2.75) is 0 Å². The van der Waals surface area contributed by atoms with E-state index in [1.54, 1.807) is 0 Å². The van der Waals surface area contributed by atoms with Crippen molar-refractivity contribution in [1.29, 1.82) is 0 Å². The molecule has 0 aliphatic rings. The summed E-state index contributed by atoms with van der Waals surface area (Å²) in [6.45, 7) is -0.408. The van der Waals surface area contributed by atoms with Crippen LogP contribution in [0, 0.1) is 11.6 Å². The number of anilines is 1. The molecule has 0 atom stereocenters. The number of esters is 1. The molecule has 1 rings (SSSR count). The molecule has 0 fully saturated rings. The third-order valence-electron chi connectivity index (χ3n) is 1.99. The highest BCUT2D eigenvalue weighted by atomic mass is 32.2. The van der Waals surface area contributed by atoms with Crippen molar-refractivity contribution in [2.24, 2.45) is 0 Å². The van der Waals surface area contributed by atoms with Gasteiger partial charge >= 0.3 is 5.97 Å². The lowest BCUT2D eigenvalue weighted by Crippen LogP contribution is -2.15. The Morgan fingerprint density at radius 2 is 1.94 bits per heavy atom. The maximum Gasteiger partial charge on any atom is 0.341 e. The maximum absolute atomic E-state index is 13.2. The van der Waals surface area contributed by atoms with Gasteiger partial charge in [-0.3, -0.25) is 0 Å². The van der Waals surface area contributed by atoms with Gasteiger partial charge in [0.1, 0.15) is 18.2 Å². The largest absolute Gasteiger partial charge is 0.461 e. The highest BCUT2D eigenvalue weighted by Crippen LogP contribution is 2.17. The molecule has 0 unspecified atom stereocenters. The number of hydrogen-bond donors (Lipinski definition) is 1. The van der Waals surface area contributed by atoms with Crippen LogP contribution in [0.5, 0.6) is 0 Å². The second kappa shape index (κ2) is 5.30. The second-order valence-corrected chi connectivity index (χ2v) is 5.88. The number of carbonyl (C=O) groups is 1. The molecule has 100 valence electrons. The van der Waals surface area contributed by atoms with Gasteiger partial charge in [0.15, 0.2) is 9.84 Å². The number of carbonyl (C=O) groups excluding carboxylic acids is 1. The van der Waals surface area contributed by atoms with Crippen LogP contribution in [0.3, 0.4) is 0 Å². The van der Waals surface area contributed by atoms with Crippen LogP contribution < -0.4 is 5.73 Å². The van der Waals surface area contributed by atoms with Crippen LogP contribution in [-0.2, 0) is 14.6 Å². The van der Waals surface area contributed by atoms with E-state index >= 15 is 0 Å². The van der Waals surface area contributed by atoms with Gasteiger partial charge in [-0.2, -0.15) is 0 Å². The fourth-order valence-corrected chi connectivity index (χ4v) is 1.47. The summed E-state index contributed by atoms with van der Waals surface area (Å²) in [4.78, 5) is 11.4. The zero-order valence-electron chi connectivity index (χ0n) is 9.44. The van der Waals surface area contributed by atoms with Crippen molar-refractivity contribution in [3.63, 3.8) is 0 Å². The number of sulfone groups is 1. The first-order valence-electron chi connectivity index (χ1n) is 4.80. The summed E-state index contributed by atoms with van der Waals surface area (Å²) < 4.78 is 52.2. The van der Waals surface area contributed by atoms with Gasteiger partial charge in [0.05, 0.1) is 17.0 Å². The fraction of sp³-hybridized carbons (Fsp3) is 0.300. The number of hydrogen-bond acceptors (Lipinski definition) is 5. The van der Waals surface area contributed by atoms with Crippen molar-refractivity contribution in [3.8, 4) is 0 Å². The Morgan fingerprint density at radius 3 is 2.50 bits per heavy atom. The molecule has 18 heavy (non-hydrogen) atoms. The van der Waals surface area contributed by atoms with E-state index in [1.165, 1.54) is 0 Å². The highest BCUT2D eigenvalue weighted by molar-refractivity contribution is 7.90. The van der Waals surface area contributed by atoms with Crippen LogP contribution >= 0.6 is 0 Å². The first-order valence-corrected chi connectivity index (χ1v) is 6.86. The zero-order chi connectivity index (χ0) is 13.9. The molecule has 1 aromatic carbocycles. The molecule has 0 spiro atoms. The minimum Gasteiger partial charge on any atom is -0.461 e. The minimum absolute atomic E-state index is 0.378. The van der Waals surface area contributed by atoms with Crippen LogP contribution in [0.2, 0.25) is 0 Å². The van der Waals surface area contributed by atoms with E-state index in [1.807, 2.05) is 0 Å². The van der Waals surface area contributed by atoms with E-state index in [9.17, 15) is 22.0 Å². The lowest BCUT2D eigenvalue weighted by molar-refractivity contribution is 0.0524. The van der Waals surface area contributed by atoms with E-state index in [2.05, 4.69) is 4.74 Å². The summed E-state index contributed by atoms with van der Waals surface area (Å²) in [6.07, 6.45) is 0.970. The van der Waals surface area contributed by atoms with Crippen LogP contribution in [0.4, 0.5) is 14.5 Å². The number of nitrogen functional groups attached to an aromatic ring is 1. The lowest BCUT2D eigenvalue weighted by atomic mass is 10.2. The Labute approximate surface area is 102 Å². The van der Waals surface area contributed by atoms with Crippen molar-refractivity contribution in [2.75, 3.05) is 24.3 Å². The minimum atomic E-state index is -3.28. The van der Waals surface area contributed by atoms with Crippen molar-refractivity contribution in [1.82, 2.24) is 0 Å². The van der Waals surface area contributed by atoms with E-state index < -0.39 is 45.3 Å². The van der Waals surface area contributed by atoms with Crippen LogP contribution in [-0.4, -0.2) is 33.0 Å². The van der Waals surface area contributed by atoms with Crippen molar-refractivity contribution >= 4 is 21.5 Å². The summed E-state index contributed by atoms with van der Waals surface area (Å²) in [5, 5.41) is 0. The molecule has 0 saturated heterocycles. The summed E-state index contributed by atoms with van der Waals surface area (Å²) in [5.41, 5.74) is 4.24. The quantitative estimate of drug-likeness (QED) is 0.649. The number of nitrogens with two attached hydrogens (primary N) is 1.